The number of thiazole rings is 1. The van der Waals surface area contributed by atoms with E-state index >= 15 is 0 Å². The summed E-state index contributed by atoms with van der Waals surface area (Å²) < 4.78 is 0. The van der Waals surface area contributed by atoms with E-state index in [0.717, 1.165) is 25.4 Å². The number of aryl methyl sites for hydroxylation is 1. The van der Waals surface area contributed by atoms with Gasteiger partial charge in [-0.25, -0.2) is 4.98 Å². The van der Waals surface area contributed by atoms with Crippen LogP contribution in [0.1, 0.15) is 49.4 Å². The highest BCUT2D eigenvalue weighted by molar-refractivity contribution is 7.11. The van der Waals surface area contributed by atoms with Crippen LogP contribution in [0.4, 0.5) is 0 Å². The van der Waals surface area contributed by atoms with E-state index in [2.05, 4.69) is 43.1 Å². The molecule has 1 fully saturated rings. The first-order valence-electron chi connectivity index (χ1n) is 7.87. The summed E-state index contributed by atoms with van der Waals surface area (Å²) >= 11 is 1.84. The number of rotatable bonds is 6. The van der Waals surface area contributed by atoms with Crippen LogP contribution in [0.15, 0.2) is 6.20 Å². The Hall–Kier alpha value is -0.450. The molecule has 0 spiro atoms. The van der Waals surface area contributed by atoms with Gasteiger partial charge in [0.1, 0.15) is 0 Å². The lowest BCUT2D eigenvalue weighted by Gasteiger charge is -2.45. The van der Waals surface area contributed by atoms with Crippen molar-refractivity contribution in [3.63, 3.8) is 0 Å². The van der Waals surface area contributed by atoms with Crippen LogP contribution >= 0.6 is 11.3 Å². The molecule has 1 aliphatic carbocycles. The monoisotopic (exact) mass is 295 g/mol. The van der Waals surface area contributed by atoms with Gasteiger partial charge in [0.05, 0.1) is 5.01 Å². The van der Waals surface area contributed by atoms with Crippen molar-refractivity contribution in [1.82, 2.24) is 15.2 Å². The zero-order chi connectivity index (χ0) is 14.6. The normalized spacial score (nSPS) is 27.1. The van der Waals surface area contributed by atoms with Crippen LogP contribution in [0.3, 0.4) is 0 Å². The van der Waals surface area contributed by atoms with E-state index in [4.69, 9.17) is 0 Å². The van der Waals surface area contributed by atoms with Crippen molar-refractivity contribution in [3.8, 4) is 0 Å². The summed E-state index contributed by atoms with van der Waals surface area (Å²) in [4.78, 5) is 8.24. The molecule has 1 aliphatic rings. The van der Waals surface area contributed by atoms with Gasteiger partial charge in [0.25, 0.3) is 0 Å². The summed E-state index contributed by atoms with van der Waals surface area (Å²) in [6, 6.07) is 0. The minimum absolute atomic E-state index is 0.343. The summed E-state index contributed by atoms with van der Waals surface area (Å²) in [7, 11) is 4.48. The molecule has 2 rings (SSSR count). The van der Waals surface area contributed by atoms with Crippen LogP contribution in [0.25, 0.3) is 0 Å². The fraction of sp³-hybridized carbons (Fsp3) is 0.812. The standard InChI is InChI=1S/C16H29N3S/c1-5-15-18-11-14(20-15)10-17-12-16(19(3)4)8-6-7-13(2)9-16/h11,13,17H,5-10,12H2,1-4H3. The molecule has 114 valence electrons. The lowest BCUT2D eigenvalue weighted by Crippen LogP contribution is -2.54. The third-order valence-corrected chi connectivity index (χ3v) is 5.81. The molecular formula is C16H29N3S. The second kappa shape index (κ2) is 7.01. The average Bonchev–Trinajstić information content (AvgIpc) is 2.86. The Morgan fingerprint density at radius 3 is 2.90 bits per heavy atom. The molecule has 4 heteroatoms. The summed E-state index contributed by atoms with van der Waals surface area (Å²) in [5.41, 5.74) is 0.343. The van der Waals surface area contributed by atoms with Gasteiger partial charge in [-0.05, 0) is 39.3 Å². The number of hydrogen-bond donors (Lipinski definition) is 1. The van der Waals surface area contributed by atoms with E-state index in [9.17, 15) is 0 Å². The Morgan fingerprint density at radius 2 is 2.30 bits per heavy atom. The van der Waals surface area contributed by atoms with Crippen molar-refractivity contribution >= 4 is 11.3 Å². The summed E-state index contributed by atoms with van der Waals surface area (Å²) in [6.07, 6.45) is 8.47. The zero-order valence-electron chi connectivity index (χ0n) is 13.4. The Balaban J connectivity index is 1.89. The van der Waals surface area contributed by atoms with E-state index in [1.807, 2.05) is 17.5 Å². The summed E-state index contributed by atoms with van der Waals surface area (Å²) in [6.45, 7) is 6.61. The summed E-state index contributed by atoms with van der Waals surface area (Å²) in [5.74, 6) is 0.850. The molecule has 0 bridgehead atoms. The number of likely N-dealkylation sites (N-methyl/N-ethyl adjacent to an activating group) is 1. The van der Waals surface area contributed by atoms with Gasteiger partial charge in [-0.3, -0.25) is 0 Å². The molecule has 20 heavy (non-hydrogen) atoms. The van der Waals surface area contributed by atoms with E-state index in [1.54, 1.807) is 0 Å². The zero-order valence-corrected chi connectivity index (χ0v) is 14.2. The van der Waals surface area contributed by atoms with Crippen molar-refractivity contribution in [2.75, 3.05) is 20.6 Å². The Bertz CT molecular complexity index is 416. The third-order valence-electron chi connectivity index (χ3n) is 4.67. The molecule has 1 N–H and O–H groups in total. The van der Waals surface area contributed by atoms with Crippen LogP contribution < -0.4 is 5.32 Å². The summed E-state index contributed by atoms with van der Waals surface area (Å²) in [5, 5.41) is 4.93. The van der Waals surface area contributed by atoms with Gasteiger partial charge in [-0.15, -0.1) is 11.3 Å². The highest BCUT2D eigenvalue weighted by atomic mass is 32.1. The van der Waals surface area contributed by atoms with Gasteiger partial charge in [0, 0.05) is 29.7 Å². The maximum atomic E-state index is 4.43. The van der Waals surface area contributed by atoms with Crippen LogP contribution in [-0.2, 0) is 13.0 Å². The van der Waals surface area contributed by atoms with Crippen molar-refractivity contribution < 1.29 is 0 Å². The van der Waals surface area contributed by atoms with E-state index in [1.165, 1.54) is 35.6 Å². The average molecular weight is 295 g/mol. The van der Waals surface area contributed by atoms with Crippen LogP contribution in [0.2, 0.25) is 0 Å². The molecule has 3 nitrogen and oxygen atoms in total. The largest absolute Gasteiger partial charge is 0.310 e. The Kier molecular flexibility index (Phi) is 5.58. The predicted molar refractivity (Wildman–Crippen MR) is 87.2 cm³/mol. The molecule has 1 saturated carbocycles. The van der Waals surface area contributed by atoms with E-state index in [-0.39, 0.29) is 0 Å². The number of nitrogens with zero attached hydrogens (tertiary/aromatic N) is 2. The predicted octanol–water partition coefficient (Wildman–Crippen LogP) is 3.31. The van der Waals surface area contributed by atoms with Gasteiger partial charge < -0.3 is 10.2 Å². The van der Waals surface area contributed by atoms with Crippen LogP contribution in [-0.4, -0.2) is 36.1 Å². The number of hydrogen-bond acceptors (Lipinski definition) is 4. The van der Waals surface area contributed by atoms with Crippen LogP contribution in [0.5, 0.6) is 0 Å². The first-order valence-corrected chi connectivity index (χ1v) is 8.69. The van der Waals surface area contributed by atoms with Crippen molar-refractivity contribution in [3.05, 3.63) is 16.1 Å². The van der Waals surface area contributed by atoms with Crippen LogP contribution in [0, 0.1) is 5.92 Å². The Morgan fingerprint density at radius 1 is 1.50 bits per heavy atom. The molecule has 0 saturated heterocycles. The molecule has 0 aromatic carbocycles. The number of aromatic nitrogens is 1. The van der Waals surface area contributed by atoms with Gasteiger partial charge >= 0.3 is 0 Å². The fourth-order valence-electron chi connectivity index (χ4n) is 3.37. The highest BCUT2D eigenvalue weighted by Crippen LogP contribution is 2.35. The molecule has 1 heterocycles. The van der Waals surface area contributed by atoms with E-state index < -0.39 is 0 Å². The topological polar surface area (TPSA) is 28.2 Å². The highest BCUT2D eigenvalue weighted by Gasteiger charge is 2.36. The molecule has 2 atom stereocenters. The lowest BCUT2D eigenvalue weighted by atomic mass is 9.75. The van der Waals surface area contributed by atoms with Crippen molar-refractivity contribution in [1.29, 1.82) is 0 Å². The maximum Gasteiger partial charge on any atom is 0.0925 e. The van der Waals surface area contributed by atoms with Gasteiger partial charge in [0.15, 0.2) is 0 Å². The molecule has 0 amide bonds. The number of nitrogens with one attached hydrogen (secondary N) is 1. The second-order valence-corrected chi connectivity index (χ2v) is 7.70. The van der Waals surface area contributed by atoms with Crippen molar-refractivity contribution in [2.45, 2.75) is 58.0 Å². The first-order chi connectivity index (χ1) is 9.55. The van der Waals surface area contributed by atoms with E-state index in [0.29, 0.717) is 5.54 Å². The van der Waals surface area contributed by atoms with Crippen molar-refractivity contribution in [2.24, 2.45) is 5.92 Å². The van der Waals surface area contributed by atoms with Gasteiger partial charge in [-0.1, -0.05) is 26.7 Å². The Labute approximate surface area is 127 Å². The fourth-order valence-corrected chi connectivity index (χ4v) is 4.20. The molecule has 0 aliphatic heterocycles. The third kappa shape index (κ3) is 3.80. The first kappa shape index (κ1) is 15.9. The molecule has 2 unspecified atom stereocenters. The minimum Gasteiger partial charge on any atom is -0.310 e. The molecule has 1 aromatic rings. The minimum atomic E-state index is 0.343. The SMILES string of the molecule is CCc1ncc(CNCC2(N(C)C)CCCC(C)C2)s1. The van der Waals surface area contributed by atoms with Gasteiger partial charge in [0.2, 0.25) is 0 Å². The second-order valence-electron chi connectivity index (χ2n) is 6.50. The lowest BCUT2D eigenvalue weighted by molar-refractivity contribution is 0.0750. The molecular weight excluding hydrogens is 266 g/mol. The smallest absolute Gasteiger partial charge is 0.0925 e. The van der Waals surface area contributed by atoms with Gasteiger partial charge in [-0.2, -0.15) is 0 Å². The quantitative estimate of drug-likeness (QED) is 0.873. The maximum absolute atomic E-state index is 4.43. The molecule has 1 aromatic heterocycles. The molecule has 0 radical (unpaired) electrons.